The minimum atomic E-state index is -0.192. The Balaban J connectivity index is 1.53. The van der Waals surface area contributed by atoms with E-state index in [0.717, 1.165) is 17.7 Å². The molecule has 2 aliphatic carbocycles. The minimum absolute atomic E-state index is 0.0205. The fraction of sp³-hybridized carbons (Fsp3) is 0.389. The zero-order valence-electron chi connectivity index (χ0n) is 12.5. The highest BCUT2D eigenvalue weighted by molar-refractivity contribution is 6.23. The SMILES string of the molecule is O=C1CCc2ccc(N3C(=O)[C@@H]4[C@H](C3=O)[C@@H]3C=C[C@H]4C3)cc2N1. The van der Waals surface area contributed by atoms with Crippen LogP contribution in [0.1, 0.15) is 18.4 Å². The van der Waals surface area contributed by atoms with Crippen molar-refractivity contribution in [1.82, 2.24) is 0 Å². The Morgan fingerprint density at radius 3 is 2.35 bits per heavy atom. The van der Waals surface area contributed by atoms with E-state index >= 15 is 0 Å². The Kier molecular flexibility index (Phi) is 2.45. The van der Waals surface area contributed by atoms with Crippen LogP contribution in [0.4, 0.5) is 11.4 Å². The Hall–Kier alpha value is -2.43. The molecule has 1 aromatic rings. The van der Waals surface area contributed by atoms with Crippen LogP contribution in [0, 0.1) is 23.7 Å². The second-order valence-electron chi connectivity index (χ2n) is 6.90. The van der Waals surface area contributed by atoms with Gasteiger partial charge in [-0.05, 0) is 42.4 Å². The number of hydrogen-bond donors (Lipinski definition) is 1. The monoisotopic (exact) mass is 308 g/mol. The molecule has 2 fully saturated rings. The van der Waals surface area contributed by atoms with Crippen LogP contribution < -0.4 is 10.2 Å². The van der Waals surface area contributed by atoms with Gasteiger partial charge in [0.05, 0.1) is 17.5 Å². The molecule has 4 atom stereocenters. The van der Waals surface area contributed by atoms with E-state index in [-0.39, 0.29) is 41.4 Å². The van der Waals surface area contributed by atoms with Crippen molar-refractivity contribution in [2.75, 3.05) is 10.2 Å². The van der Waals surface area contributed by atoms with Gasteiger partial charge in [0, 0.05) is 12.1 Å². The first-order chi connectivity index (χ1) is 11.1. The zero-order chi connectivity index (χ0) is 15.7. The standard InChI is InChI=1S/C18H16N2O3/c21-14-6-4-9-3-5-12(8-13(9)19-14)20-17(22)15-10-1-2-11(7-10)16(15)18(20)23/h1-3,5,8,10-11,15-16H,4,6-7H2,(H,19,21)/t10-,11+,15-,16+. The minimum Gasteiger partial charge on any atom is -0.326 e. The summed E-state index contributed by atoms with van der Waals surface area (Å²) in [6, 6.07) is 5.49. The van der Waals surface area contributed by atoms with Gasteiger partial charge >= 0.3 is 0 Å². The van der Waals surface area contributed by atoms with Gasteiger partial charge in [-0.2, -0.15) is 0 Å². The molecule has 5 heteroatoms. The Bertz CT molecular complexity index is 767. The average Bonchev–Trinajstić information content (AvgIpc) is 3.21. The molecule has 4 aliphatic rings. The van der Waals surface area contributed by atoms with Crippen LogP contribution in [0.5, 0.6) is 0 Å². The molecule has 2 heterocycles. The summed E-state index contributed by atoms with van der Waals surface area (Å²) in [5.41, 5.74) is 2.35. The fourth-order valence-corrected chi connectivity index (χ4v) is 4.66. The summed E-state index contributed by atoms with van der Waals surface area (Å²) in [4.78, 5) is 38.5. The number of aryl methyl sites for hydroxylation is 1. The summed E-state index contributed by atoms with van der Waals surface area (Å²) in [6.45, 7) is 0. The summed E-state index contributed by atoms with van der Waals surface area (Å²) in [7, 11) is 0. The average molecular weight is 308 g/mol. The number of nitrogens with zero attached hydrogens (tertiary/aromatic N) is 1. The maximum Gasteiger partial charge on any atom is 0.238 e. The van der Waals surface area contributed by atoms with Crippen LogP contribution in [0.2, 0.25) is 0 Å². The van der Waals surface area contributed by atoms with E-state index in [0.29, 0.717) is 18.5 Å². The maximum atomic E-state index is 12.8. The molecule has 3 amide bonds. The van der Waals surface area contributed by atoms with E-state index in [1.165, 1.54) is 4.90 Å². The predicted molar refractivity (Wildman–Crippen MR) is 83.6 cm³/mol. The molecule has 23 heavy (non-hydrogen) atoms. The first-order valence-electron chi connectivity index (χ1n) is 8.12. The molecule has 5 rings (SSSR count). The third kappa shape index (κ3) is 1.65. The van der Waals surface area contributed by atoms with E-state index in [2.05, 4.69) is 17.5 Å². The highest BCUT2D eigenvalue weighted by Gasteiger charge is 2.59. The van der Waals surface area contributed by atoms with Crippen molar-refractivity contribution in [3.05, 3.63) is 35.9 Å². The lowest BCUT2D eigenvalue weighted by Gasteiger charge is -2.21. The molecule has 0 radical (unpaired) electrons. The Labute approximate surface area is 133 Å². The lowest BCUT2D eigenvalue weighted by molar-refractivity contribution is -0.123. The molecule has 1 aromatic carbocycles. The molecule has 0 unspecified atom stereocenters. The molecule has 5 nitrogen and oxygen atoms in total. The van der Waals surface area contributed by atoms with Gasteiger partial charge in [-0.15, -0.1) is 0 Å². The second-order valence-corrected chi connectivity index (χ2v) is 6.90. The van der Waals surface area contributed by atoms with Crippen LogP contribution in [0.15, 0.2) is 30.4 Å². The first-order valence-corrected chi connectivity index (χ1v) is 8.12. The van der Waals surface area contributed by atoms with Crippen molar-refractivity contribution in [2.45, 2.75) is 19.3 Å². The molecule has 1 saturated heterocycles. The largest absolute Gasteiger partial charge is 0.326 e. The third-order valence-corrected chi connectivity index (χ3v) is 5.72. The molecule has 1 saturated carbocycles. The normalized spacial score (nSPS) is 33.9. The first kappa shape index (κ1) is 13.0. The van der Waals surface area contributed by atoms with Gasteiger partial charge in [0.25, 0.3) is 0 Å². The summed E-state index contributed by atoms with van der Waals surface area (Å²) >= 11 is 0. The van der Waals surface area contributed by atoms with Gasteiger partial charge in [0.15, 0.2) is 0 Å². The topological polar surface area (TPSA) is 66.5 Å². The highest BCUT2D eigenvalue weighted by atomic mass is 16.2. The maximum absolute atomic E-state index is 12.8. The summed E-state index contributed by atoms with van der Waals surface area (Å²) < 4.78 is 0. The van der Waals surface area contributed by atoms with Gasteiger partial charge < -0.3 is 5.32 Å². The number of carbonyl (C=O) groups is 3. The van der Waals surface area contributed by atoms with Crippen molar-refractivity contribution >= 4 is 29.1 Å². The number of hydrogen-bond acceptors (Lipinski definition) is 3. The quantitative estimate of drug-likeness (QED) is 0.636. The Morgan fingerprint density at radius 2 is 1.65 bits per heavy atom. The molecule has 0 spiro atoms. The van der Waals surface area contributed by atoms with Gasteiger partial charge in [0.2, 0.25) is 17.7 Å². The lowest BCUT2D eigenvalue weighted by atomic mass is 9.85. The summed E-state index contributed by atoms with van der Waals surface area (Å²) in [6.07, 6.45) is 6.29. The van der Waals surface area contributed by atoms with Crippen LogP contribution in [0.3, 0.4) is 0 Å². The lowest BCUT2D eigenvalue weighted by Crippen LogP contribution is -2.33. The van der Waals surface area contributed by atoms with Crippen LogP contribution >= 0.6 is 0 Å². The summed E-state index contributed by atoms with van der Waals surface area (Å²) in [5, 5.41) is 2.83. The predicted octanol–water partition coefficient (Wildman–Crippen LogP) is 1.88. The van der Waals surface area contributed by atoms with Gasteiger partial charge in [-0.1, -0.05) is 18.2 Å². The van der Waals surface area contributed by atoms with Crippen molar-refractivity contribution < 1.29 is 14.4 Å². The molecule has 116 valence electrons. The summed E-state index contributed by atoms with van der Waals surface area (Å²) in [5.74, 6) is -0.149. The van der Waals surface area contributed by atoms with Crippen molar-refractivity contribution in [3.63, 3.8) is 0 Å². The van der Waals surface area contributed by atoms with E-state index in [4.69, 9.17) is 0 Å². The van der Waals surface area contributed by atoms with Gasteiger partial charge in [0.1, 0.15) is 0 Å². The van der Waals surface area contributed by atoms with Crippen LogP contribution in [0.25, 0.3) is 0 Å². The van der Waals surface area contributed by atoms with Crippen molar-refractivity contribution in [2.24, 2.45) is 23.7 Å². The third-order valence-electron chi connectivity index (χ3n) is 5.72. The molecule has 0 aromatic heterocycles. The number of benzene rings is 1. The number of amides is 3. The number of imide groups is 1. The molecule has 2 aliphatic heterocycles. The number of anilines is 2. The van der Waals surface area contributed by atoms with Crippen molar-refractivity contribution in [1.29, 1.82) is 0 Å². The van der Waals surface area contributed by atoms with E-state index in [9.17, 15) is 14.4 Å². The van der Waals surface area contributed by atoms with Gasteiger partial charge in [-0.3, -0.25) is 14.4 Å². The number of fused-ring (bicyclic) bond motifs is 6. The highest BCUT2D eigenvalue weighted by Crippen LogP contribution is 2.53. The molecule has 2 bridgehead atoms. The van der Waals surface area contributed by atoms with Crippen molar-refractivity contribution in [3.8, 4) is 0 Å². The Morgan fingerprint density at radius 1 is 0.957 bits per heavy atom. The van der Waals surface area contributed by atoms with E-state index in [1.54, 1.807) is 6.07 Å². The number of nitrogens with one attached hydrogen (secondary N) is 1. The van der Waals surface area contributed by atoms with E-state index in [1.807, 2.05) is 12.1 Å². The fourth-order valence-electron chi connectivity index (χ4n) is 4.66. The van der Waals surface area contributed by atoms with Crippen LogP contribution in [-0.4, -0.2) is 17.7 Å². The van der Waals surface area contributed by atoms with Crippen LogP contribution in [-0.2, 0) is 20.8 Å². The number of rotatable bonds is 1. The van der Waals surface area contributed by atoms with E-state index < -0.39 is 0 Å². The smallest absolute Gasteiger partial charge is 0.238 e. The molecular weight excluding hydrogens is 292 g/mol. The number of carbonyl (C=O) groups excluding carboxylic acids is 3. The number of allylic oxidation sites excluding steroid dienone is 2. The zero-order valence-corrected chi connectivity index (χ0v) is 12.5. The molecule has 1 N–H and O–H groups in total. The second kappa shape index (κ2) is 4.31. The van der Waals surface area contributed by atoms with Gasteiger partial charge in [-0.25, -0.2) is 4.90 Å². The molecular formula is C18H16N2O3.